The molecule has 0 aliphatic carbocycles. The molecule has 0 saturated carbocycles. The van der Waals surface area contributed by atoms with Gasteiger partial charge in [-0.05, 0) is 38.6 Å². The molecule has 0 amide bonds. The van der Waals surface area contributed by atoms with E-state index >= 15 is 0 Å². The molecule has 0 unspecified atom stereocenters. The van der Waals surface area contributed by atoms with Crippen molar-refractivity contribution in [3.05, 3.63) is 42.0 Å². The topological polar surface area (TPSA) is 43.2 Å². The number of nitrogens with zero attached hydrogens (tertiary/aromatic N) is 4. The van der Waals surface area contributed by atoms with E-state index in [1.54, 1.807) is 6.33 Å². The molecule has 2 aromatic rings. The predicted molar refractivity (Wildman–Crippen MR) is 78.4 cm³/mol. The first-order valence-electron chi connectivity index (χ1n) is 6.81. The van der Waals surface area contributed by atoms with Gasteiger partial charge in [-0.3, -0.25) is 4.90 Å². The number of rotatable bonds is 6. The minimum Gasteiger partial charge on any atom is -0.491 e. The summed E-state index contributed by atoms with van der Waals surface area (Å²) in [6.07, 6.45) is 1.92. The number of aromatic nitrogens is 3. The molecule has 0 radical (unpaired) electrons. The van der Waals surface area contributed by atoms with E-state index in [2.05, 4.69) is 34.3 Å². The Kier molecular flexibility index (Phi) is 4.74. The molecule has 0 bridgehead atoms. The molecule has 108 valence electrons. The van der Waals surface area contributed by atoms with Crippen LogP contribution in [0.3, 0.4) is 0 Å². The third kappa shape index (κ3) is 4.06. The lowest BCUT2D eigenvalue weighted by atomic mass is 10.2. The highest BCUT2D eigenvalue weighted by molar-refractivity contribution is 5.28. The Hall–Kier alpha value is -1.88. The highest BCUT2D eigenvalue weighted by Gasteiger charge is 2.07. The van der Waals surface area contributed by atoms with Gasteiger partial charge in [-0.15, -0.1) is 10.2 Å². The molecule has 20 heavy (non-hydrogen) atoms. The first-order valence-corrected chi connectivity index (χ1v) is 6.81. The second-order valence-corrected chi connectivity index (χ2v) is 5.34. The molecule has 1 aromatic heterocycles. The fraction of sp³-hybridized carbons (Fsp3) is 0.467. The maximum atomic E-state index is 5.72. The summed E-state index contributed by atoms with van der Waals surface area (Å²) in [4.78, 5) is 2.21. The number of benzene rings is 1. The van der Waals surface area contributed by atoms with E-state index in [4.69, 9.17) is 4.74 Å². The van der Waals surface area contributed by atoms with Gasteiger partial charge in [0.05, 0.1) is 12.6 Å². The summed E-state index contributed by atoms with van der Waals surface area (Å²) >= 11 is 0. The average molecular weight is 274 g/mol. The van der Waals surface area contributed by atoms with Crippen molar-refractivity contribution >= 4 is 0 Å². The second-order valence-electron chi connectivity index (χ2n) is 5.34. The van der Waals surface area contributed by atoms with Crippen LogP contribution in [0.2, 0.25) is 0 Å². The van der Waals surface area contributed by atoms with E-state index in [-0.39, 0.29) is 6.10 Å². The number of ether oxygens (including phenoxy) is 1. The molecule has 0 spiro atoms. The molecule has 0 atom stereocenters. The molecule has 0 aliphatic heterocycles. The van der Waals surface area contributed by atoms with Crippen LogP contribution >= 0.6 is 0 Å². The highest BCUT2D eigenvalue weighted by atomic mass is 16.5. The summed E-state index contributed by atoms with van der Waals surface area (Å²) < 4.78 is 7.66. The molecular formula is C15H22N4O. The molecule has 0 aliphatic rings. The first-order chi connectivity index (χ1) is 9.54. The van der Waals surface area contributed by atoms with Crippen molar-refractivity contribution in [2.45, 2.75) is 33.0 Å². The smallest absolute Gasteiger partial charge is 0.146 e. The maximum absolute atomic E-state index is 5.72. The van der Waals surface area contributed by atoms with Crippen molar-refractivity contribution in [1.82, 2.24) is 19.7 Å². The lowest BCUT2D eigenvalue weighted by Crippen LogP contribution is -2.19. The van der Waals surface area contributed by atoms with Crippen molar-refractivity contribution in [3.63, 3.8) is 0 Å². The molecule has 0 N–H and O–H groups in total. The summed E-state index contributed by atoms with van der Waals surface area (Å²) in [7, 11) is 4.03. The van der Waals surface area contributed by atoms with Gasteiger partial charge in [-0.1, -0.05) is 12.1 Å². The van der Waals surface area contributed by atoms with Crippen LogP contribution in [0.5, 0.6) is 5.75 Å². The zero-order valence-electron chi connectivity index (χ0n) is 12.6. The normalized spacial score (nSPS) is 11.3. The molecule has 0 fully saturated rings. The Balaban J connectivity index is 1.97. The van der Waals surface area contributed by atoms with Gasteiger partial charge in [-0.2, -0.15) is 0 Å². The molecule has 0 saturated heterocycles. The second kappa shape index (κ2) is 6.52. The van der Waals surface area contributed by atoms with E-state index in [1.165, 1.54) is 5.56 Å². The van der Waals surface area contributed by atoms with Crippen LogP contribution in [0.25, 0.3) is 0 Å². The Morgan fingerprint density at radius 2 is 2.10 bits per heavy atom. The van der Waals surface area contributed by atoms with Gasteiger partial charge in [0.25, 0.3) is 0 Å². The van der Waals surface area contributed by atoms with Crippen molar-refractivity contribution < 1.29 is 4.74 Å². The third-order valence-corrected chi connectivity index (χ3v) is 2.94. The monoisotopic (exact) mass is 274 g/mol. The fourth-order valence-corrected chi connectivity index (χ4v) is 2.05. The van der Waals surface area contributed by atoms with E-state index in [0.29, 0.717) is 0 Å². The lowest BCUT2D eigenvalue weighted by Gasteiger charge is -2.17. The van der Waals surface area contributed by atoms with Gasteiger partial charge in [-0.25, -0.2) is 0 Å². The lowest BCUT2D eigenvalue weighted by molar-refractivity contribution is 0.241. The zero-order chi connectivity index (χ0) is 14.5. The van der Waals surface area contributed by atoms with Gasteiger partial charge < -0.3 is 9.30 Å². The summed E-state index contributed by atoms with van der Waals surface area (Å²) in [5, 5.41) is 8.00. The Morgan fingerprint density at radius 3 is 2.75 bits per heavy atom. The van der Waals surface area contributed by atoms with E-state index < -0.39 is 0 Å². The first kappa shape index (κ1) is 14.5. The van der Waals surface area contributed by atoms with Crippen LogP contribution in [0.4, 0.5) is 0 Å². The number of aryl methyl sites for hydroxylation is 1. The largest absolute Gasteiger partial charge is 0.491 e. The van der Waals surface area contributed by atoms with Crippen molar-refractivity contribution in [1.29, 1.82) is 0 Å². The van der Waals surface area contributed by atoms with E-state index in [1.807, 2.05) is 37.6 Å². The van der Waals surface area contributed by atoms with Crippen LogP contribution < -0.4 is 4.74 Å². The predicted octanol–water partition coefficient (Wildman–Crippen LogP) is 2.23. The number of hydrogen-bond acceptors (Lipinski definition) is 4. The van der Waals surface area contributed by atoms with Crippen LogP contribution in [0.1, 0.15) is 25.2 Å². The summed E-state index contributed by atoms with van der Waals surface area (Å²) in [5.41, 5.74) is 1.23. The average Bonchev–Trinajstić information content (AvgIpc) is 2.74. The maximum Gasteiger partial charge on any atom is 0.146 e. The van der Waals surface area contributed by atoms with Crippen LogP contribution in [0, 0.1) is 0 Å². The summed E-state index contributed by atoms with van der Waals surface area (Å²) in [6.45, 7) is 5.69. The Labute approximate surface area is 120 Å². The third-order valence-electron chi connectivity index (χ3n) is 2.94. The standard InChI is InChI=1S/C15H22N4O/c1-12(2)20-14-7-5-6-13(8-14)9-18(3)10-15-17-16-11-19(15)4/h5-8,11-12H,9-10H2,1-4H3. The molecular weight excluding hydrogens is 252 g/mol. The molecule has 1 aromatic carbocycles. The molecule has 2 rings (SSSR count). The van der Waals surface area contributed by atoms with E-state index in [0.717, 1.165) is 24.7 Å². The summed E-state index contributed by atoms with van der Waals surface area (Å²) in [5.74, 6) is 1.88. The number of hydrogen-bond donors (Lipinski definition) is 0. The van der Waals surface area contributed by atoms with Gasteiger partial charge in [0.15, 0.2) is 0 Å². The van der Waals surface area contributed by atoms with Gasteiger partial charge >= 0.3 is 0 Å². The van der Waals surface area contributed by atoms with Gasteiger partial charge in [0.2, 0.25) is 0 Å². The Bertz CT molecular complexity index is 550. The van der Waals surface area contributed by atoms with E-state index in [9.17, 15) is 0 Å². The Morgan fingerprint density at radius 1 is 1.30 bits per heavy atom. The fourth-order valence-electron chi connectivity index (χ4n) is 2.05. The molecule has 1 heterocycles. The molecule has 5 heteroatoms. The minimum absolute atomic E-state index is 0.196. The quantitative estimate of drug-likeness (QED) is 0.810. The highest BCUT2D eigenvalue weighted by Crippen LogP contribution is 2.16. The van der Waals surface area contributed by atoms with Crippen molar-refractivity contribution in [2.75, 3.05) is 7.05 Å². The van der Waals surface area contributed by atoms with Crippen LogP contribution in [0.15, 0.2) is 30.6 Å². The SMILES string of the molecule is CC(C)Oc1cccc(CN(C)Cc2nncn2C)c1. The van der Waals surface area contributed by atoms with Crippen LogP contribution in [-0.4, -0.2) is 32.8 Å². The van der Waals surface area contributed by atoms with Gasteiger partial charge in [0, 0.05) is 13.6 Å². The zero-order valence-corrected chi connectivity index (χ0v) is 12.6. The van der Waals surface area contributed by atoms with Crippen molar-refractivity contribution in [2.24, 2.45) is 7.05 Å². The van der Waals surface area contributed by atoms with Crippen molar-refractivity contribution in [3.8, 4) is 5.75 Å². The summed E-state index contributed by atoms with van der Waals surface area (Å²) in [6, 6.07) is 8.23. The minimum atomic E-state index is 0.196. The van der Waals surface area contributed by atoms with Crippen LogP contribution in [-0.2, 0) is 20.1 Å². The molecule has 5 nitrogen and oxygen atoms in total. The van der Waals surface area contributed by atoms with Gasteiger partial charge in [0.1, 0.15) is 17.9 Å².